The summed E-state index contributed by atoms with van der Waals surface area (Å²) in [5, 5.41) is 14.1. The zero-order valence-corrected chi connectivity index (χ0v) is 12.0. The Morgan fingerprint density at radius 2 is 2.24 bits per heavy atom. The fourth-order valence-electron chi connectivity index (χ4n) is 1.89. The first-order valence-corrected chi connectivity index (χ1v) is 6.72. The number of rotatable bonds is 7. The Bertz CT molecular complexity index is 596. The molecule has 0 spiro atoms. The minimum atomic E-state index is -0.423. The molecule has 2 N–H and O–H groups in total. The minimum absolute atomic E-state index is 0.0113. The van der Waals surface area contributed by atoms with E-state index in [1.807, 2.05) is 13.8 Å². The molecule has 7 nitrogen and oxygen atoms in total. The zero-order valence-electron chi connectivity index (χ0n) is 12.0. The molecule has 1 heterocycles. The van der Waals surface area contributed by atoms with E-state index >= 15 is 0 Å². The summed E-state index contributed by atoms with van der Waals surface area (Å²) in [6.07, 6.45) is 4.09. The van der Waals surface area contributed by atoms with Crippen molar-refractivity contribution in [3.05, 3.63) is 46.5 Å². The van der Waals surface area contributed by atoms with Gasteiger partial charge in [0.25, 0.3) is 5.69 Å². The molecule has 112 valence electrons. The highest BCUT2D eigenvalue weighted by molar-refractivity contribution is 5.56. The normalized spacial score (nSPS) is 10.6. The van der Waals surface area contributed by atoms with Crippen LogP contribution in [0, 0.1) is 10.1 Å². The molecule has 0 saturated heterocycles. The number of hydrogen-bond donors (Lipinski definition) is 2. The maximum absolute atomic E-state index is 11.0. The predicted octanol–water partition coefficient (Wildman–Crippen LogP) is 2.76. The van der Waals surface area contributed by atoms with Crippen LogP contribution >= 0.6 is 0 Å². The summed E-state index contributed by atoms with van der Waals surface area (Å²) in [5.74, 6) is 0.489. The van der Waals surface area contributed by atoms with Crippen molar-refractivity contribution >= 4 is 11.4 Å². The van der Waals surface area contributed by atoms with E-state index in [0.29, 0.717) is 18.0 Å². The Morgan fingerprint density at radius 3 is 2.86 bits per heavy atom. The van der Waals surface area contributed by atoms with E-state index in [0.717, 1.165) is 12.1 Å². The zero-order chi connectivity index (χ0) is 15.2. The van der Waals surface area contributed by atoms with Crippen LogP contribution in [-0.4, -0.2) is 27.5 Å². The number of imidazole rings is 1. The van der Waals surface area contributed by atoms with Gasteiger partial charge in [-0.2, -0.15) is 0 Å². The molecule has 1 aromatic heterocycles. The summed E-state index contributed by atoms with van der Waals surface area (Å²) in [5.41, 5.74) is 1.68. The highest BCUT2D eigenvalue weighted by atomic mass is 16.6. The van der Waals surface area contributed by atoms with Gasteiger partial charge in [-0.3, -0.25) is 10.1 Å². The van der Waals surface area contributed by atoms with Crippen LogP contribution < -0.4 is 10.1 Å². The van der Waals surface area contributed by atoms with Gasteiger partial charge in [-0.05, 0) is 13.8 Å². The third kappa shape index (κ3) is 4.48. The Kier molecular flexibility index (Phi) is 4.76. The summed E-state index contributed by atoms with van der Waals surface area (Å²) in [4.78, 5) is 17.5. The Morgan fingerprint density at radius 1 is 1.43 bits per heavy atom. The van der Waals surface area contributed by atoms with Crippen molar-refractivity contribution in [2.24, 2.45) is 0 Å². The third-order valence-electron chi connectivity index (χ3n) is 2.75. The molecular weight excluding hydrogens is 272 g/mol. The Hall–Kier alpha value is -2.57. The van der Waals surface area contributed by atoms with E-state index in [9.17, 15) is 10.1 Å². The van der Waals surface area contributed by atoms with Gasteiger partial charge in [0.15, 0.2) is 0 Å². The molecule has 2 rings (SSSR count). The molecular formula is C14H18N4O3. The van der Waals surface area contributed by atoms with Crippen molar-refractivity contribution in [3.63, 3.8) is 0 Å². The molecule has 0 fully saturated rings. The van der Waals surface area contributed by atoms with Gasteiger partial charge < -0.3 is 15.0 Å². The van der Waals surface area contributed by atoms with E-state index in [1.165, 1.54) is 12.1 Å². The number of nitro benzene ring substituents is 1. The van der Waals surface area contributed by atoms with Crippen LogP contribution in [0.5, 0.6) is 5.75 Å². The smallest absolute Gasteiger partial charge is 0.275 e. The topological polar surface area (TPSA) is 93.1 Å². The van der Waals surface area contributed by atoms with Crippen LogP contribution in [0.1, 0.15) is 19.5 Å². The fourth-order valence-corrected chi connectivity index (χ4v) is 1.89. The van der Waals surface area contributed by atoms with Crippen molar-refractivity contribution in [2.75, 3.05) is 11.9 Å². The first-order valence-electron chi connectivity index (χ1n) is 6.72. The first kappa shape index (κ1) is 14.8. The summed E-state index contributed by atoms with van der Waals surface area (Å²) in [6.45, 7) is 4.40. The highest BCUT2D eigenvalue weighted by Crippen LogP contribution is 2.26. The highest BCUT2D eigenvalue weighted by Gasteiger charge is 2.11. The molecule has 0 bridgehead atoms. The molecule has 0 saturated carbocycles. The van der Waals surface area contributed by atoms with Gasteiger partial charge in [0.05, 0.1) is 23.4 Å². The lowest BCUT2D eigenvalue weighted by molar-refractivity contribution is -0.384. The van der Waals surface area contributed by atoms with E-state index in [2.05, 4.69) is 15.3 Å². The van der Waals surface area contributed by atoms with Crippen LogP contribution in [0.3, 0.4) is 0 Å². The number of benzene rings is 1. The van der Waals surface area contributed by atoms with E-state index in [-0.39, 0.29) is 11.8 Å². The van der Waals surface area contributed by atoms with Gasteiger partial charge in [-0.1, -0.05) is 0 Å². The van der Waals surface area contributed by atoms with Gasteiger partial charge in [0, 0.05) is 42.7 Å². The van der Waals surface area contributed by atoms with Gasteiger partial charge in [-0.25, -0.2) is 4.98 Å². The first-order chi connectivity index (χ1) is 10.0. The number of aromatic nitrogens is 2. The van der Waals surface area contributed by atoms with E-state index in [4.69, 9.17) is 4.74 Å². The van der Waals surface area contributed by atoms with Crippen LogP contribution in [0.25, 0.3) is 0 Å². The van der Waals surface area contributed by atoms with Crippen molar-refractivity contribution in [1.82, 2.24) is 9.97 Å². The van der Waals surface area contributed by atoms with Crippen LogP contribution in [0.15, 0.2) is 30.7 Å². The molecule has 0 aliphatic carbocycles. The third-order valence-corrected chi connectivity index (χ3v) is 2.75. The van der Waals surface area contributed by atoms with Crippen LogP contribution in [0.2, 0.25) is 0 Å². The van der Waals surface area contributed by atoms with Crippen molar-refractivity contribution in [2.45, 2.75) is 26.4 Å². The van der Waals surface area contributed by atoms with Gasteiger partial charge in [0.2, 0.25) is 0 Å². The lowest BCUT2D eigenvalue weighted by Gasteiger charge is -2.12. The second kappa shape index (κ2) is 6.74. The number of nitrogens with zero attached hydrogens (tertiary/aromatic N) is 2. The molecule has 0 atom stereocenters. The lowest BCUT2D eigenvalue weighted by Crippen LogP contribution is -2.08. The van der Waals surface area contributed by atoms with Gasteiger partial charge >= 0.3 is 0 Å². The predicted molar refractivity (Wildman–Crippen MR) is 79.6 cm³/mol. The number of aromatic amines is 1. The summed E-state index contributed by atoms with van der Waals surface area (Å²) < 4.78 is 5.54. The molecule has 0 unspecified atom stereocenters. The number of anilines is 1. The maximum atomic E-state index is 11.0. The number of non-ortho nitro benzene ring substituents is 1. The molecule has 1 aromatic carbocycles. The van der Waals surface area contributed by atoms with Crippen molar-refractivity contribution in [3.8, 4) is 5.75 Å². The summed E-state index contributed by atoms with van der Waals surface area (Å²) in [7, 11) is 0. The second-order valence-electron chi connectivity index (χ2n) is 4.89. The van der Waals surface area contributed by atoms with E-state index < -0.39 is 4.92 Å². The number of H-pyrrole nitrogens is 1. The molecule has 7 heteroatoms. The molecule has 0 radical (unpaired) electrons. The molecule has 0 amide bonds. The largest absolute Gasteiger partial charge is 0.491 e. The monoisotopic (exact) mass is 290 g/mol. The van der Waals surface area contributed by atoms with Crippen molar-refractivity contribution in [1.29, 1.82) is 0 Å². The number of nitrogens with one attached hydrogen (secondary N) is 2. The molecule has 2 aromatic rings. The minimum Gasteiger partial charge on any atom is -0.491 e. The van der Waals surface area contributed by atoms with Gasteiger partial charge in [-0.15, -0.1) is 0 Å². The average Bonchev–Trinajstić information content (AvgIpc) is 2.90. The molecule has 21 heavy (non-hydrogen) atoms. The summed E-state index contributed by atoms with van der Waals surface area (Å²) >= 11 is 0. The summed E-state index contributed by atoms with van der Waals surface area (Å²) in [6, 6.07) is 4.69. The second-order valence-corrected chi connectivity index (χ2v) is 4.89. The van der Waals surface area contributed by atoms with Crippen molar-refractivity contribution < 1.29 is 9.66 Å². The Balaban J connectivity index is 2.06. The standard InChI is InChI=1S/C14H18N4O3/c1-10(2)21-14-6-12(5-13(7-14)18(19)20)16-4-3-11-8-15-9-17-11/h5-10,16H,3-4H2,1-2H3,(H,15,17). The quantitative estimate of drug-likeness (QED) is 0.604. The number of hydrogen-bond acceptors (Lipinski definition) is 5. The van der Waals surface area contributed by atoms with Gasteiger partial charge in [0.1, 0.15) is 5.75 Å². The van der Waals surface area contributed by atoms with E-state index in [1.54, 1.807) is 18.6 Å². The number of nitro groups is 1. The average molecular weight is 290 g/mol. The van der Waals surface area contributed by atoms with Crippen LogP contribution in [0.4, 0.5) is 11.4 Å². The SMILES string of the molecule is CC(C)Oc1cc(NCCc2cnc[nH]2)cc([N+](=O)[O-])c1. The maximum Gasteiger partial charge on any atom is 0.275 e. The Labute approximate surface area is 122 Å². The molecule has 0 aliphatic heterocycles. The molecule has 0 aliphatic rings. The fraction of sp³-hybridized carbons (Fsp3) is 0.357. The lowest BCUT2D eigenvalue weighted by atomic mass is 10.2. The van der Waals surface area contributed by atoms with Crippen LogP contribution in [-0.2, 0) is 6.42 Å². The number of ether oxygens (including phenoxy) is 1.